The summed E-state index contributed by atoms with van der Waals surface area (Å²) in [5.41, 5.74) is 0.738. The highest BCUT2D eigenvalue weighted by Crippen LogP contribution is 2.66. The van der Waals surface area contributed by atoms with Gasteiger partial charge in [-0.1, -0.05) is 91.0 Å². The molecule has 10 rings (SSSR count). The van der Waals surface area contributed by atoms with Gasteiger partial charge >= 0.3 is 17.8 Å². The largest absolute Gasteiger partial charge is 0.454 e. The number of rotatable bonds is 1. The number of furan rings is 1. The molecule has 0 N–H and O–H groups in total. The van der Waals surface area contributed by atoms with Crippen molar-refractivity contribution < 1.29 is 30.8 Å². The molecule has 0 atom stereocenters. The smallest absolute Gasteiger partial charge is 0.380 e. The number of hydrogen-bond acceptors (Lipinski definition) is 1. The van der Waals surface area contributed by atoms with Gasteiger partial charge in [0.05, 0.1) is 11.0 Å². The summed E-state index contributed by atoms with van der Waals surface area (Å²) < 4.78 is 99.6. The van der Waals surface area contributed by atoms with E-state index in [0.29, 0.717) is 16.9 Å². The van der Waals surface area contributed by atoms with Crippen molar-refractivity contribution in [3.05, 3.63) is 126 Å². The van der Waals surface area contributed by atoms with Gasteiger partial charge in [0.15, 0.2) is 5.58 Å². The van der Waals surface area contributed by atoms with Gasteiger partial charge < -0.3 is 8.98 Å². The van der Waals surface area contributed by atoms with Gasteiger partial charge in [-0.05, 0) is 56.6 Å². The summed E-state index contributed by atoms with van der Waals surface area (Å²) in [5, 5.41) is 5.36. The first-order valence-electron chi connectivity index (χ1n) is 15.0. The minimum Gasteiger partial charge on any atom is -0.454 e. The predicted octanol–water partition coefficient (Wildman–Crippen LogP) is 12.0. The zero-order valence-corrected chi connectivity index (χ0v) is 24.1. The molecule has 9 aromatic rings. The van der Waals surface area contributed by atoms with E-state index in [4.69, 9.17) is 4.42 Å². The van der Waals surface area contributed by atoms with Gasteiger partial charge in [-0.2, -0.15) is 26.3 Å². The van der Waals surface area contributed by atoms with Crippen molar-refractivity contribution >= 4 is 76.1 Å². The van der Waals surface area contributed by atoms with Gasteiger partial charge in [-0.15, -0.1) is 0 Å². The van der Waals surface area contributed by atoms with Crippen LogP contribution in [0.15, 0.2) is 120 Å². The Bertz CT molecular complexity index is 2840. The van der Waals surface area contributed by atoms with Crippen LogP contribution in [0.2, 0.25) is 0 Å². The van der Waals surface area contributed by atoms with Gasteiger partial charge in [0.2, 0.25) is 0 Å². The Morgan fingerprint density at radius 1 is 0.468 bits per heavy atom. The molecule has 2 nitrogen and oxygen atoms in total. The molecule has 1 aliphatic carbocycles. The topological polar surface area (TPSA) is 18.1 Å². The minimum atomic E-state index is -5.60. The molecule has 0 aliphatic heterocycles. The van der Waals surface area contributed by atoms with Gasteiger partial charge in [0.25, 0.3) is 0 Å². The van der Waals surface area contributed by atoms with Crippen LogP contribution in [0.5, 0.6) is 0 Å². The number of hydrogen-bond donors (Lipinski definition) is 0. The third-order valence-electron chi connectivity index (χ3n) is 9.83. The number of halogens is 6. The fraction of sp³-hybridized carbons (Fsp3) is 0.0769. The van der Waals surface area contributed by atoms with Gasteiger partial charge in [-0.25, -0.2) is 0 Å². The zero-order valence-electron chi connectivity index (χ0n) is 24.1. The standard InChI is InChI=1S/C39H19F6NO/c40-37(41)33-24-12-4-1-9-21(24)28-19-20(17-18-25(28)34(33)38(42,43)39(37,44)45)46-29-15-7-5-13-26(29)31-22-10-2-3-11-23(22)32-27-14-6-8-16-30(27)47-36(32)35(31)46/h1-19H. The highest BCUT2D eigenvalue weighted by Gasteiger charge is 2.79. The Morgan fingerprint density at radius 2 is 1.00 bits per heavy atom. The maximum Gasteiger partial charge on any atom is 0.380 e. The molecule has 0 bridgehead atoms. The van der Waals surface area contributed by atoms with E-state index in [1.807, 2.05) is 65.2 Å². The third kappa shape index (κ3) is 3.00. The van der Waals surface area contributed by atoms with Crippen molar-refractivity contribution in [3.63, 3.8) is 0 Å². The van der Waals surface area contributed by atoms with Gasteiger partial charge in [0.1, 0.15) is 5.58 Å². The van der Waals surface area contributed by atoms with E-state index >= 15 is 17.6 Å². The fourth-order valence-electron chi connectivity index (χ4n) is 7.88. The van der Waals surface area contributed by atoms with E-state index in [0.717, 1.165) is 43.4 Å². The van der Waals surface area contributed by atoms with Crippen LogP contribution in [0.25, 0.3) is 81.7 Å². The summed E-state index contributed by atoms with van der Waals surface area (Å²) >= 11 is 0. The molecule has 8 heteroatoms. The van der Waals surface area contributed by atoms with Crippen molar-refractivity contribution in [2.75, 3.05) is 0 Å². The molecule has 1 aliphatic rings. The summed E-state index contributed by atoms with van der Waals surface area (Å²) in [6.45, 7) is 0. The SMILES string of the molecule is FC1(F)c2c(c3ccc(-n4c5ccccc5c5c6ccccc6c6c7ccccc7oc6c54)cc3c3ccccc23)C(F)(F)C1(F)F. The molecular formula is C39H19F6NO. The van der Waals surface area contributed by atoms with E-state index < -0.39 is 28.9 Å². The first kappa shape index (κ1) is 26.7. The Hall–Kier alpha value is -5.50. The molecule has 0 unspecified atom stereocenters. The summed E-state index contributed by atoms with van der Waals surface area (Å²) in [7, 11) is 0. The van der Waals surface area contributed by atoms with Crippen LogP contribution in [-0.4, -0.2) is 10.5 Å². The molecule has 0 fully saturated rings. The minimum absolute atomic E-state index is 0.164. The molecular weight excluding hydrogens is 612 g/mol. The van der Waals surface area contributed by atoms with Crippen molar-refractivity contribution in [1.29, 1.82) is 0 Å². The van der Waals surface area contributed by atoms with Crippen LogP contribution in [0.1, 0.15) is 11.1 Å². The average Bonchev–Trinajstić information content (AvgIpc) is 3.67. The van der Waals surface area contributed by atoms with Crippen molar-refractivity contribution in [2.24, 2.45) is 0 Å². The van der Waals surface area contributed by atoms with E-state index in [-0.39, 0.29) is 21.5 Å². The van der Waals surface area contributed by atoms with Gasteiger partial charge in [0, 0.05) is 38.4 Å². The lowest BCUT2D eigenvalue weighted by Crippen LogP contribution is -2.43. The molecule has 228 valence electrons. The molecule has 47 heavy (non-hydrogen) atoms. The lowest BCUT2D eigenvalue weighted by Gasteiger charge is -2.23. The van der Waals surface area contributed by atoms with Crippen molar-refractivity contribution in [1.82, 2.24) is 4.57 Å². The average molecular weight is 632 g/mol. The summed E-state index contributed by atoms with van der Waals surface area (Å²) in [4.78, 5) is 0. The Balaban J connectivity index is 1.41. The second-order valence-electron chi connectivity index (χ2n) is 12.2. The van der Waals surface area contributed by atoms with E-state index in [1.54, 1.807) is 12.1 Å². The summed E-state index contributed by atoms with van der Waals surface area (Å²) in [5.74, 6) is -15.8. The number of aromatic nitrogens is 1. The van der Waals surface area contributed by atoms with E-state index in [2.05, 4.69) is 12.1 Å². The third-order valence-corrected chi connectivity index (χ3v) is 9.83. The quantitative estimate of drug-likeness (QED) is 0.130. The first-order valence-corrected chi connectivity index (χ1v) is 15.0. The molecule has 0 saturated heterocycles. The number of nitrogens with zero attached hydrogens (tertiary/aromatic N) is 1. The Labute approximate surface area is 261 Å². The molecule has 7 aromatic carbocycles. The van der Waals surface area contributed by atoms with Crippen LogP contribution >= 0.6 is 0 Å². The maximum absolute atomic E-state index is 15.4. The number of benzene rings is 7. The first-order chi connectivity index (χ1) is 22.6. The lowest BCUT2D eigenvalue weighted by atomic mass is 9.91. The molecule has 0 amide bonds. The van der Waals surface area contributed by atoms with Crippen molar-refractivity contribution in [2.45, 2.75) is 17.8 Å². The molecule has 2 aromatic heterocycles. The lowest BCUT2D eigenvalue weighted by molar-refractivity contribution is -0.301. The van der Waals surface area contributed by atoms with Crippen LogP contribution in [0, 0.1) is 0 Å². The molecule has 0 radical (unpaired) electrons. The second kappa shape index (κ2) is 8.45. The highest BCUT2D eigenvalue weighted by molar-refractivity contribution is 6.35. The number of para-hydroxylation sites is 2. The zero-order chi connectivity index (χ0) is 32.0. The predicted molar refractivity (Wildman–Crippen MR) is 173 cm³/mol. The van der Waals surface area contributed by atoms with Crippen molar-refractivity contribution in [3.8, 4) is 5.69 Å². The van der Waals surface area contributed by atoms with Crippen LogP contribution in [-0.2, 0) is 11.8 Å². The van der Waals surface area contributed by atoms with Gasteiger partial charge in [-0.3, -0.25) is 0 Å². The van der Waals surface area contributed by atoms with Crippen LogP contribution in [0.3, 0.4) is 0 Å². The summed E-state index contributed by atoms with van der Waals surface area (Å²) in [6.07, 6.45) is 0. The highest BCUT2D eigenvalue weighted by atomic mass is 19.3. The molecule has 0 saturated carbocycles. The van der Waals surface area contributed by atoms with E-state index in [1.165, 1.54) is 30.3 Å². The molecule has 0 spiro atoms. The Morgan fingerprint density at radius 3 is 1.70 bits per heavy atom. The maximum atomic E-state index is 15.4. The van der Waals surface area contributed by atoms with E-state index in [9.17, 15) is 8.78 Å². The monoisotopic (exact) mass is 631 g/mol. The number of fused-ring (bicyclic) bond motifs is 16. The second-order valence-corrected chi connectivity index (χ2v) is 12.2. The summed E-state index contributed by atoms with van der Waals surface area (Å²) in [6, 6.07) is 33.7. The Kier molecular flexibility index (Phi) is 4.80. The number of alkyl halides is 6. The molecule has 2 heterocycles. The van der Waals surface area contributed by atoms with Crippen LogP contribution in [0.4, 0.5) is 26.3 Å². The normalized spacial score (nSPS) is 16.8. The fourth-order valence-corrected chi connectivity index (χ4v) is 7.88. The van der Waals surface area contributed by atoms with Crippen LogP contribution < -0.4 is 0 Å².